The summed E-state index contributed by atoms with van der Waals surface area (Å²) in [5, 5.41) is 0. The van der Waals surface area contributed by atoms with Gasteiger partial charge in [-0.15, -0.1) is 0 Å². The summed E-state index contributed by atoms with van der Waals surface area (Å²) in [5.41, 5.74) is 1.08. The lowest BCUT2D eigenvalue weighted by atomic mass is 10.4. The van der Waals surface area contributed by atoms with E-state index < -0.39 is 9.76 Å². The molecular weight excluding hydrogens is 208 g/mol. The summed E-state index contributed by atoms with van der Waals surface area (Å²) in [6.07, 6.45) is 0. The van der Waals surface area contributed by atoms with E-state index in [0.717, 1.165) is 5.57 Å². The Hall–Kier alpha value is -0.523. The van der Waals surface area contributed by atoms with Crippen LogP contribution in [0.4, 0.5) is 0 Å². The van der Waals surface area contributed by atoms with Gasteiger partial charge in [0, 0.05) is 5.57 Å². The number of allylic oxidation sites excluding steroid dienone is 1. The van der Waals surface area contributed by atoms with Crippen molar-refractivity contribution in [2.45, 2.75) is 19.6 Å². The lowest BCUT2D eigenvalue weighted by Crippen LogP contribution is -2.46. The van der Waals surface area contributed by atoms with Crippen molar-refractivity contribution in [3.8, 4) is 0 Å². The highest BCUT2D eigenvalue weighted by Gasteiger charge is 2.16. The van der Waals surface area contributed by atoms with E-state index in [4.69, 9.17) is 9.16 Å². The maximum absolute atomic E-state index is 5.75. The van der Waals surface area contributed by atoms with E-state index in [1.807, 2.05) is 13.8 Å². The van der Waals surface area contributed by atoms with Crippen LogP contribution in [0.2, 0.25) is 0 Å². The van der Waals surface area contributed by atoms with Gasteiger partial charge in [-0.3, -0.25) is 9.80 Å². The molecule has 0 atom stereocenters. The molecule has 0 saturated heterocycles. The molecule has 0 heterocycles. The van der Waals surface area contributed by atoms with Crippen LogP contribution in [-0.4, -0.2) is 60.7 Å². The van der Waals surface area contributed by atoms with E-state index in [0.29, 0.717) is 11.7 Å². The molecular formula is C10H24N2O2Si. The second kappa shape index (κ2) is 6.87. The van der Waals surface area contributed by atoms with Crippen LogP contribution < -0.4 is 0 Å². The number of ether oxygens (including phenoxy) is 1. The normalized spacial score (nSPS) is 11.9. The average Bonchev–Trinajstić information content (AvgIpc) is 2.10. The Morgan fingerprint density at radius 1 is 1.07 bits per heavy atom. The molecule has 0 radical (unpaired) electrons. The van der Waals surface area contributed by atoms with Gasteiger partial charge < -0.3 is 9.16 Å². The van der Waals surface area contributed by atoms with Crippen molar-refractivity contribution in [3.63, 3.8) is 0 Å². The van der Waals surface area contributed by atoms with E-state index in [2.05, 4.69) is 38.0 Å². The Morgan fingerprint density at radius 2 is 1.53 bits per heavy atom. The number of rotatable bonds is 6. The first-order valence-corrected chi connectivity index (χ1v) is 6.46. The molecule has 0 fully saturated rings. The van der Waals surface area contributed by atoms with Crippen LogP contribution in [-0.2, 0) is 9.16 Å². The zero-order chi connectivity index (χ0) is 12.0. The first-order valence-electron chi connectivity index (χ1n) is 5.07. The van der Waals surface area contributed by atoms with Crippen molar-refractivity contribution < 1.29 is 9.16 Å². The van der Waals surface area contributed by atoms with Crippen LogP contribution >= 0.6 is 0 Å². The first kappa shape index (κ1) is 14.5. The van der Waals surface area contributed by atoms with Gasteiger partial charge in [0.2, 0.25) is 0 Å². The zero-order valence-electron chi connectivity index (χ0n) is 11.0. The standard InChI is InChI=1S/C10H24N2O2Si/c1-8(2)9(13-7)14-15-10(11(3)4)12(5)6/h10H,15H2,1-7H3. The molecule has 5 heteroatoms. The molecule has 0 amide bonds. The highest BCUT2D eigenvalue weighted by molar-refractivity contribution is 6.29. The van der Waals surface area contributed by atoms with Crippen LogP contribution in [0.1, 0.15) is 13.8 Å². The van der Waals surface area contributed by atoms with Crippen molar-refractivity contribution >= 4 is 9.76 Å². The maximum Gasteiger partial charge on any atom is 0.263 e. The monoisotopic (exact) mass is 232 g/mol. The molecule has 0 aliphatic carbocycles. The van der Waals surface area contributed by atoms with Crippen molar-refractivity contribution in [1.82, 2.24) is 9.80 Å². The molecule has 0 spiro atoms. The van der Waals surface area contributed by atoms with E-state index in [1.165, 1.54) is 0 Å². The SMILES string of the molecule is COC(O[SiH2]C(N(C)C)N(C)C)=C(C)C. The highest BCUT2D eigenvalue weighted by Crippen LogP contribution is 2.06. The highest BCUT2D eigenvalue weighted by atomic mass is 28.2. The molecule has 0 bridgehead atoms. The predicted octanol–water partition coefficient (Wildman–Crippen LogP) is 0.391. The van der Waals surface area contributed by atoms with E-state index in [1.54, 1.807) is 7.11 Å². The summed E-state index contributed by atoms with van der Waals surface area (Å²) in [6, 6.07) is 0. The zero-order valence-corrected chi connectivity index (χ0v) is 12.4. The number of hydrogen-bond donors (Lipinski definition) is 0. The minimum absolute atomic E-state index is 0.384. The van der Waals surface area contributed by atoms with E-state index >= 15 is 0 Å². The number of hydrogen-bond acceptors (Lipinski definition) is 4. The second-order valence-corrected chi connectivity index (χ2v) is 5.56. The molecule has 15 heavy (non-hydrogen) atoms. The molecule has 0 rings (SSSR count). The fraction of sp³-hybridized carbons (Fsp3) is 0.800. The lowest BCUT2D eigenvalue weighted by molar-refractivity contribution is 0.127. The van der Waals surface area contributed by atoms with Crippen molar-refractivity contribution in [3.05, 3.63) is 11.5 Å². The van der Waals surface area contributed by atoms with Crippen molar-refractivity contribution in [1.29, 1.82) is 0 Å². The average molecular weight is 232 g/mol. The van der Waals surface area contributed by atoms with Crippen molar-refractivity contribution in [2.75, 3.05) is 35.3 Å². The summed E-state index contributed by atoms with van der Waals surface area (Å²) in [6.45, 7) is 3.99. The quantitative estimate of drug-likeness (QED) is 0.376. The maximum atomic E-state index is 5.75. The van der Waals surface area contributed by atoms with Gasteiger partial charge in [-0.2, -0.15) is 0 Å². The molecule has 0 unspecified atom stereocenters. The third-order valence-corrected chi connectivity index (χ3v) is 4.34. The van der Waals surface area contributed by atoms with Crippen LogP contribution in [0.5, 0.6) is 0 Å². The van der Waals surface area contributed by atoms with Crippen LogP contribution in [0.25, 0.3) is 0 Å². The molecule has 0 N–H and O–H groups in total. The Labute approximate surface area is 95.8 Å². The Bertz CT molecular complexity index is 205. The Balaban J connectivity index is 4.28. The molecule has 0 aliphatic heterocycles. The molecule has 4 nitrogen and oxygen atoms in total. The van der Waals surface area contributed by atoms with Crippen molar-refractivity contribution in [2.24, 2.45) is 0 Å². The van der Waals surface area contributed by atoms with Crippen LogP contribution in [0.3, 0.4) is 0 Å². The summed E-state index contributed by atoms with van der Waals surface area (Å²) in [7, 11) is 9.21. The molecule has 90 valence electrons. The third-order valence-electron chi connectivity index (χ3n) is 2.15. The fourth-order valence-electron chi connectivity index (χ4n) is 1.32. The minimum Gasteiger partial charge on any atom is -0.522 e. The smallest absolute Gasteiger partial charge is 0.263 e. The molecule has 0 aliphatic rings. The molecule has 0 aromatic rings. The number of methoxy groups -OCH3 is 1. The van der Waals surface area contributed by atoms with Gasteiger partial charge in [0.15, 0.2) is 0 Å². The lowest BCUT2D eigenvalue weighted by Gasteiger charge is -2.30. The third kappa shape index (κ3) is 5.20. The van der Waals surface area contributed by atoms with Gasteiger partial charge in [-0.1, -0.05) is 0 Å². The van der Waals surface area contributed by atoms with Gasteiger partial charge in [-0.25, -0.2) is 0 Å². The Kier molecular flexibility index (Phi) is 6.63. The summed E-state index contributed by atoms with van der Waals surface area (Å²) >= 11 is 0. The number of nitrogens with zero attached hydrogens (tertiary/aromatic N) is 2. The van der Waals surface area contributed by atoms with E-state index in [9.17, 15) is 0 Å². The van der Waals surface area contributed by atoms with Crippen LogP contribution in [0.15, 0.2) is 11.5 Å². The van der Waals surface area contributed by atoms with Gasteiger partial charge in [0.1, 0.15) is 0 Å². The molecule has 0 aromatic carbocycles. The largest absolute Gasteiger partial charge is 0.522 e. The fourth-order valence-corrected chi connectivity index (χ4v) is 2.62. The van der Waals surface area contributed by atoms with Gasteiger partial charge >= 0.3 is 0 Å². The van der Waals surface area contributed by atoms with Crippen LogP contribution in [0, 0.1) is 0 Å². The minimum atomic E-state index is -0.702. The molecule has 0 saturated carbocycles. The summed E-state index contributed by atoms with van der Waals surface area (Å²) in [5.74, 6) is 1.06. The van der Waals surface area contributed by atoms with Gasteiger partial charge in [0.25, 0.3) is 15.7 Å². The summed E-state index contributed by atoms with van der Waals surface area (Å²) < 4.78 is 10.9. The van der Waals surface area contributed by atoms with Gasteiger partial charge in [0.05, 0.1) is 12.9 Å². The topological polar surface area (TPSA) is 24.9 Å². The Morgan fingerprint density at radius 3 is 1.80 bits per heavy atom. The second-order valence-electron chi connectivity index (χ2n) is 4.21. The summed E-state index contributed by atoms with van der Waals surface area (Å²) in [4.78, 5) is 4.34. The molecule has 0 aromatic heterocycles. The van der Waals surface area contributed by atoms with Gasteiger partial charge in [-0.05, 0) is 42.0 Å². The predicted molar refractivity (Wildman–Crippen MR) is 66.2 cm³/mol. The first-order chi connectivity index (χ1) is 6.90. The van der Waals surface area contributed by atoms with E-state index in [-0.39, 0.29) is 0 Å².